The summed E-state index contributed by atoms with van der Waals surface area (Å²) >= 11 is 0. The van der Waals surface area contributed by atoms with E-state index in [9.17, 15) is 32.5 Å². The van der Waals surface area contributed by atoms with Crippen LogP contribution < -0.4 is 4.74 Å². The van der Waals surface area contributed by atoms with Crippen molar-refractivity contribution >= 4 is 11.8 Å². The molecule has 0 saturated heterocycles. The number of nitrogens with zero attached hydrogens (tertiary/aromatic N) is 2. The normalized spacial score (nSPS) is 11.1. The first-order valence-electron chi connectivity index (χ1n) is 3.96. The van der Waals surface area contributed by atoms with Gasteiger partial charge in [-0.2, -0.15) is 4.39 Å². The van der Waals surface area contributed by atoms with Gasteiger partial charge in [0, 0.05) is 6.07 Å². The molecule has 1 aromatic heterocycles. The van der Waals surface area contributed by atoms with Crippen LogP contribution in [0.3, 0.4) is 0 Å². The van der Waals surface area contributed by atoms with Gasteiger partial charge in [0.2, 0.25) is 0 Å². The maximum atomic E-state index is 13.2. The molecule has 0 aromatic carbocycles. The van der Waals surface area contributed by atoms with Crippen molar-refractivity contribution in [2.45, 2.75) is 6.36 Å². The first-order valence-corrected chi connectivity index (χ1v) is 3.96. The topological polar surface area (TPSA) is 103 Å². The SMILES string of the molecule is O=C(O)c1cc(OC(F)(F)F)c(F)c([N+](=O)[O-])n1. The lowest BCUT2D eigenvalue weighted by atomic mass is 10.3. The number of carbonyl (C=O) groups is 1. The van der Waals surface area contributed by atoms with Crippen LogP contribution in [-0.4, -0.2) is 27.3 Å². The molecular weight excluding hydrogens is 268 g/mol. The number of alkyl halides is 3. The Kier molecular flexibility index (Phi) is 3.35. The van der Waals surface area contributed by atoms with Gasteiger partial charge in [0.05, 0.1) is 0 Å². The van der Waals surface area contributed by atoms with Crippen molar-refractivity contribution in [3.63, 3.8) is 0 Å². The highest BCUT2D eigenvalue weighted by molar-refractivity contribution is 5.86. The molecule has 0 saturated carbocycles. The Labute approximate surface area is 94.8 Å². The summed E-state index contributed by atoms with van der Waals surface area (Å²) in [5.41, 5.74) is -1.15. The van der Waals surface area contributed by atoms with Gasteiger partial charge in [0.1, 0.15) is 0 Å². The van der Waals surface area contributed by atoms with E-state index in [4.69, 9.17) is 5.11 Å². The number of aromatic nitrogens is 1. The van der Waals surface area contributed by atoms with Gasteiger partial charge < -0.3 is 20.0 Å². The highest BCUT2D eigenvalue weighted by atomic mass is 19.4. The number of rotatable bonds is 3. The van der Waals surface area contributed by atoms with Gasteiger partial charge in [-0.15, -0.1) is 13.2 Å². The Hall–Kier alpha value is -2.46. The standard InChI is InChI=1S/C7H2F4N2O5/c8-4-3(18-7(9,10)11)1-2(6(14)15)12-5(4)13(16)17/h1H,(H,14,15). The van der Waals surface area contributed by atoms with Crippen molar-refractivity contribution in [2.24, 2.45) is 0 Å². The summed E-state index contributed by atoms with van der Waals surface area (Å²) in [5, 5.41) is 18.7. The highest BCUT2D eigenvalue weighted by Crippen LogP contribution is 2.30. The number of carboxylic acid groups (broad SMARTS) is 1. The van der Waals surface area contributed by atoms with E-state index in [0.29, 0.717) is 0 Å². The molecule has 0 aliphatic heterocycles. The van der Waals surface area contributed by atoms with Crippen LogP contribution in [0.4, 0.5) is 23.4 Å². The average molecular weight is 270 g/mol. The van der Waals surface area contributed by atoms with E-state index in [1.54, 1.807) is 0 Å². The summed E-state index contributed by atoms with van der Waals surface area (Å²) in [7, 11) is 0. The smallest absolute Gasteiger partial charge is 0.475 e. The second kappa shape index (κ2) is 4.43. The monoisotopic (exact) mass is 270 g/mol. The molecule has 7 nitrogen and oxygen atoms in total. The number of ether oxygens (including phenoxy) is 1. The largest absolute Gasteiger partial charge is 0.573 e. The molecule has 0 unspecified atom stereocenters. The second-order valence-corrected chi connectivity index (χ2v) is 2.75. The molecule has 98 valence electrons. The first-order chi connectivity index (χ1) is 8.11. The lowest BCUT2D eigenvalue weighted by molar-refractivity contribution is -0.392. The summed E-state index contributed by atoms with van der Waals surface area (Å²) < 4.78 is 51.9. The van der Waals surface area contributed by atoms with Gasteiger partial charge in [0.25, 0.3) is 11.5 Å². The van der Waals surface area contributed by atoms with Crippen LogP contribution in [0.1, 0.15) is 10.5 Å². The maximum Gasteiger partial charge on any atom is 0.573 e. The number of carboxylic acids is 1. The van der Waals surface area contributed by atoms with Crippen LogP contribution in [0, 0.1) is 15.9 Å². The molecule has 1 aromatic rings. The molecule has 1 N–H and O–H groups in total. The Morgan fingerprint density at radius 3 is 2.44 bits per heavy atom. The van der Waals surface area contributed by atoms with Crippen molar-refractivity contribution in [1.29, 1.82) is 0 Å². The molecule has 0 radical (unpaired) electrons. The minimum atomic E-state index is -5.33. The van der Waals surface area contributed by atoms with Crippen molar-refractivity contribution in [3.8, 4) is 5.75 Å². The molecule has 0 atom stereocenters. The van der Waals surface area contributed by atoms with E-state index in [1.807, 2.05) is 0 Å². The predicted molar refractivity (Wildman–Crippen MR) is 44.5 cm³/mol. The van der Waals surface area contributed by atoms with Gasteiger partial charge in [-0.25, -0.2) is 4.79 Å². The lowest BCUT2D eigenvalue weighted by Gasteiger charge is -2.09. The van der Waals surface area contributed by atoms with Crippen molar-refractivity contribution in [2.75, 3.05) is 0 Å². The minimum absolute atomic E-state index is 0.0954. The molecule has 0 bridgehead atoms. The number of hydrogen-bond donors (Lipinski definition) is 1. The number of halogens is 4. The third kappa shape index (κ3) is 3.02. The summed E-state index contributed by atoms with van der Waals surface area (Å²) in [5.74, 6) is -7.19. The summed E-state index contributed by atoms with van der Waals surface area (Å²) in [6, 6.07) is 0.0954. The molecule has 1 heterocycles. The molecule has 11 heteroatoms. The zero-order valence-corrected chi connectivity index (χ0v) is 8.06. The number of hydrogen-bond acceptors (Lipinski definition) is 5. The van der Waals surface area contributed by atoms with Crippen LogP contribution in [-0.2, 0) is 0 Å². The lowest BCUT2D eigenvalue weighted by Crippen LogP contribution is -2.19. The number of pyridine rings is 1. The minimum Gasteiger partial charge on any atom is -0.475 e. The summed E-state index contributed by atoms with van der Waals surface area (Å²) in [6.07, 6.45) is -5.33. The fraction of sp³-hybridized carbons (Fsp3) is 0.143. The molecule has 0 aliphatic rings. The van der Waals surface area contributed by atoms with E-state index in [0.717, 1.165) is 0 Å². The molecule has 18 heavy (non-hydrogen) atoms. The molecule has 1 rings (SSSR count). The zero-order chi connectivity index (χ0) is 14.1. The summed E-state index contributed by atoms with van der Waals surface area (Å²) in [4.78, 5) is 22.0. The van der Waals surface area contributed by atoms with Crippen LogP contribution in [0.15, 0.2) is 6.07 Å². The van der Waals surface area contributed by atoms with Crippen LogP contribution in [0.25, 0.3) is 0 Å². The third-order valence-electron chi connectivity index (χ3n) is 1.52. The summed E-state index contributed by atoms with van der Waals surface area (Å²) in [6.45, 7) is 0. The number of nitro groups is 1. The van der Waals surface area contributed by atoms with Gasteiger partial charge in [-0.3, -0.25) is 0 Å². The Balaban J connectivity index is 3.40. The molecule has 0 aliphatic carbocycles. The second-order valence-electron chi connectivity index (χ2n) is 2.75. The fourth-order valence-corrected chi connectivity index (χ4v) is 0.923. The van der Waals surface area contributed by atoms with Crippen LogP contribution in [0.5, 0.6) is 5.75 Å². The zero-order valence-electron chi connectivity index (χ0n) is 8.06. The first kappa shape index (κ1) is 13.6. The van der Waals surface area contributed by atoms with E-state index in [-0.39, 0.29) is 6.07 Å². The molecule has 0 amide bonds. The van der Waals surface area contributed by atoms with E-state index < -0.39 is 40.3 Å². The quantitative estimate of drug-likeness (QED) is 0.509. The van der Waals surface area contributed by atoms with Gasteiger partial charge in [0.15, 0.2) is 5.75 Å². The fourth-order valence-electron chi connectivity index (χ4n) is 0.923. The maximum absolute atomic E-state index is 13.2. The predicted octanol–water partition coefficient (Wildman–Crippen LogP) is 1.73. The number of aromatic carboxylic acids is 1. The van der Waals surface area contributed by atoms with E-state index >= 15 is 0 Å². The van der Waals surface area contributed by atoms with E-state index in [1.165, 1.54) is 0 Å². The molecule has 0 spiro atoms. The molecular formula is C7H2F4N2O5. The van der Waals surface area contributed by atoms with E-state index in [2.05, 4.69) is 9.72 Å². The Bertz CT molecular complexity index is 515. The molecule has 0 fully saturated rings. The van der Waals surface area contributed by atoms with Crippen molar-refractivity contribution < 1.29 is 37.1 Å². The highest BCUT2D eigenvalue weighted by Gasteiger charge is 2.36. The third-order valence-corrected chi connectivity index (χ3v) is 1.52. The van der Waals surface area contributed by atoms with Gasteiger partial charge >= 0.3 is 18.1 Å². The van der Waals surface area contributed by atoms with Crippen LogP contribution in [0.2, 0.25) is 0 Å². The Morgan fingerprint density at radius 2 is 2.06 bits per heavy atom. The van der Waals surface area contributed by atoms with Crippen molar-refractivity contribution in [3.05, 3.63) is 27.7 Å². The van der Waals surface area contributed by atoms with Gasteiger partial charge in [-0.05, 0) is 9.91 Å². The van der Waals surface area contributed by atoms with Crippen molar-refractivity contribution in [1.82, 2.24) is 4.98 Å². The Morgan fingerprint density at radius 1 is 1.50 bits per heavy atom. The van der Waals surface area contributed by atoms with Gasteiger partial charge in [-0.1, -0.05) is 0 Å². The average Bonchev–Trinajstić information content (AvgIpc) is 2.18. The van der Waals surface area contributed by atoms with Crippen LogP contribution >= 0.6 is 0 Å².